The van der Waals surface area contributed by atoms with E-state index in [2.05, 4.69) is 0 Å². The molecule has 1 amide bonds. The van der Waals surface area contributed by atoms with E-state index in [1.165, 1.54) is 0 Å². The molecule has 1 N–H and O–H groups in total. The van der Waals surface area contributed by atoms with Gasteiger partial charge < -0.3 is 14.7 Å². The lowest BCUT2D eigenvalue weighted by Crippen LogP contribution is -2.45. The molecule has 0 saturated heterocycles. The fourth-order valence-electron chi connectivity index (χ4n) is 2.73. The topological polar surface area (TPSA) is 66.8 Å². The molecular weight excluding hydrogens is 294 g/mol. The minimum absolute atomic E-state index is 0.147. The summed E-state index contributed by atoms with van der Waals surface area (Å²) in [6.45, 7) is 2.10. The van der Waals surface area contributed by atoms with E-state index in [-0.39, 0.29) is 18.0 Å². The van der Waals surface area contributed by atoms with Gasteiger partial charge >= 0.3 is 5.97 Å². The number of carboxylic acid groups (broad SMARTS) is 1. The molecule has 2 aromatic carbocycles. The van der Waals surface area contributed by atoms with Crippen LogP contribution in [0.2, 0.25) is 0 Å². The van der Waals surface area contributed by atoms with Crippen molar-refractivity contribution in [3.05, 3.63) is 59.7 Å². The summed E-state index contributed by atoms with van der Waals surface area (Å²) in [5, 5.41) is 9.33. The van der Waals surface area contributed by atoms with Gasteiger partial charge in [-0.3, -0.25) is 4.79 Å². The lowest BCUT2D eigenvalue weighted by Gasteiger charge is -2.34. The molecule has 0 aliphatic carbocycles. The molecule has 0 aromatic heterocycles. The highest BCUT2D eigenvalue weighted by molar-refractivity contribution is 6.00. The van der Waals surface area contributed by atoms with Crippen LogP contribution in [0.4, 0.5) is 5.69 Å². The molecule has 0 spiro atoms. The molecule has 0 bridgehead atoms. The number of anilines is 1. The second kappa shape index (κ2) is 6.12. The van der Waals surface area contributed by atoms with Crippen LogP contribution in [-0.2, 0) is 11.3 Å². The van der Waals surface area contributed by atoms with Gasteiger partial charge in [-0.2, -0.15) is 0 Å². The van der Waals surface area contributed by atoms with Crippen LogP contribution < -0.4 is 9.64 Å². The molecule has 23 heavy (non-hydrogen) atoms. The highest BCUT2D eigenvalue weighted by Crippen LogP contribution is 2.35. The largest absolute Gasteiger partial charge is 0.478 e. The van der Waals surface area contributed by atoms with Crippen molar-refractivity contribution in [2.75, 3.05) is 4.90 Å². The number of carboxylic acids is 1. The molecule has 1 heterocycles. The third kappa shape index (κ3) is 2.77. The fraction of sp³-hybridized carbons (Fsp3) is 0.222. The summed E-state index contributed by atoms with van der Waals surface area (Å²) < 4.78 is 5.73. The number of nitrogens with zero attached hydrogens (tertiary/aromatic N) is 1. The van der Waals surface area contributed by atoms with E-state index in [0.29, 0.717) is 23.4 Å². The van der Waals surface area contributed by atoms with Crippen molar-refractivity contribution in [3.63, 3.8) is 0 Å². The summed E-state index contributed by atoms with van der Waals surface area (Å²) >= 11 is 0. The minimum Gasteiger partial charge on any atom is -0.478 e. The van der Waals surface area contributed by atoms with Gasteiger partial charge in [0.25, 0.3) is 5.91 Å². The Bertz CT molecular complexity index is 756. The molecule has 1 unspecified atom stereocenters. The van der Waals surface area contributed by atoms with Crippen LogP contribution in [0.15, 0.2) is 48.5 Å². The zero-order valence-corrected chi connectivity index (χ0v) is 12.7. The fourth-order valence-corrected chi connectivity index (χ4v) is 2.73. The number of hydrogen-bond donors (Lipinski definition) is 1. The summed E-state index contributed by atoms with van der Waals surface area (Å²) in [5.74, 6) is -0.500. The van der Waals surface area contributed by atoms with Gasteiger partial charge in [-0.15, -0.1) is 0 Å². The van der Waals surface area contributed by atoms with Crippen molar-refractivity contribution in [2.45, 2.75) is 26.0 Å². The maximum Gasteiger partial charge on any atom is 0.336 e. The van der Waals surface area contributed by atoms with Crippen LogP contribution in [0.25, 0.3) is 0 Å². The van der Waals surface area contributed by atoms with E-state index in [1.54, 1.807) is 29.2 Å². The van der Waals surface area contributed by atoms with E-state index in [0.717, 1.165) is 0 Å². The molecular formula is C18H17NO4. The first-order chi connectivity index (χ1) is 11.1. The summed E-state index contributed by atoms with van der Waals surface area (Å²) in [6, 6.07) is 14.0. The number of amides is 1. The molecule has 0 saturated carbocycles. The van der Waals surface area contributed by atoms with Crippen molar-refractivity contribution < 1.29 is 19.4 Å². The molecule has 1 atom stereocenters. The first kappa shape index (κ1) is 15.1. The monoisotopic (exact) mass is 311 g/mol. The highest BCUT2D eigenvalue weighted by atomic mass is 16.5. The average Bonchev–Trinajstić information content (AvgIpc) is 2.57. The molecule has 1 aliphatic rings. The maximum absolute atomic E-state index is 12.7. The zero-order valence-electron chi connectivity index (χ0n) is 12.7. The van der Waals surface area contributed by atoms with Crippen LogP contribution in [0.5, 0.6) is 5.75 Å². The number of aromatic carboxylic acids is 1. The van der Waals surface area contributed by atoms with Crippen LogP contribution in [0, 0.1) is 0 Å². The molecule has 0 radical (unpaired) electrons. The summed E-state index contributed by atoms with van der Waals surface area (Å²) in [5.41, 5.74) is 1.47. The molecule has 0 fully saturated rings. The van der Waals surface area contributed by atoms with E-state index in [4.69, 9.17) is 4.74 Å². The Morgan fingerprint density at radius 3 is 2.61 bits per heavy atom. The number of rotatable bonds is 4. The second-order valence-electron chi connectivity index (χ2n) is 5.37. The van der Waals surface area contributed by atoms with Crippen molar-refractivity contribution in [1.82, 2.24) is 0 Å². The van der Waals surface area contributed by atoms with Crippen LogP contribution in [0.1, 0.15) is 29.3 Å². The molecule has 3 rings (SSSR count). The van der Waals surface area contributed by atoms with Crippen LogP contribution in [0.3, 0.4) is 0 Å². The van der Waals surface area contributed by atoms with Crippen molar-refractivity contribution in [1.29, 1.82) is 0 Å². The minimum atomic E-state index is -0.998. The SMILES string of the molecule is CCC1Oc2ccccc2N(Cc2ccccc2C(=O)O)C1=O. The van der Waals surface area contributed by atoms with Crippen LogP contribution in [-0.4, -0.2) is 23.1 Å². The van der Waals surface area contributed by atoms with Gasteiger partial charge in [-0.1, -0.05) is 37.3 Å². The Hall–Kier alpha value is -2.82. The van der Waals surface area contributed by atoms with E-state index < -0.39 is 12.1 Å². The maximum atomic E-state index is 12.7. The Morgan fingerprint density at radius 2 is 1.87 bits per heavy atom. The van der Waals surface area contributed by atoms with Gasteiger partial charge in [0.1, 0.15) is 5.75 Å². The smallest absolute Gasteiger partial charge is 0.336 e. The number of carbonyl (C=O) groups is 2. The van der Waals surface area contributed by atoms with Crippen molar-refractivity contribution in [3.8, 4) is 5.75 Å². The molecule has 1 aliphatic heterocycles. The van der Waals surface area contributed by atoms with Gasteiger partial charge in [-0.05, 0) is 30.2 Å². The lowest BCUT2D eigenvalue weighted by molar-refractivity contribution is -0.126. The second-order valence-corrected chi connectivity index (χ2v) is 5.37. The number of para-hydroxylation sites is 2. The standard InChI is InChI=1S/C18H17NO4/c1-2-15-17(20)19(14-9-5-6-10-16(14)23-15)11-12-7-3-4-8-13(12)18(21)22/h3-10,15H,2,11H2,1H3,(H,21,22). The van der Waals surface area contributed by atoms with Gasteiger partial charge in [0.2, 0.25) is 0 Å². The predicted molar refractivity (Wildman–Crippen MR) is 85.7 cm³/mol. The first-order valence-corrected chi connectivity index (χ1v) is 7.50. The summed E-state index contributed by atoms with van der Waals surface area (Å²) in [4.78, 5) is 25.6. The van der Waals surface area contributed by atoms with Gasteiger partial charge in [0.15, 0.2) is 6.10 Å². The van der Waals surface area contributed by atoms with Gasteiger partial charge in [-0.25, -0.2) is 4.79 Å². The average molecular weight is 311 g/mol. The Labute approximate surface area is 134 Å². The number of hydrogen-bond acceptors (Lipinski definition) is 3. The van der Waals surface area contributed by atoms with E-state index >= 15 is 0 Å². The number of benzene rings is 2. The zero-order chi connectivity index (χ0) is 16.4. The van der Waals surface area contributed by atoms with Crippen molar-refractivity contribution >= 4 is 17.6 Å². The highest BCUT2D eigenvalue weighted by Gasteiger charge is 2.33. The summed E-state index contributed by atoms with van der Waals surface area (Å²) in [7, 11) is 0. The quantitative estimate of drug-likeness (QED) is 0.942. The van der Waals surface area contributed by atoms with E-state index in [9.17, 15) is 14.7 Å². The third-order valence-electron chi connectivity index (χ3n) is 3.91. The van der Waals surface area contributed by atoms with E-state index in [1.807, 2.05) is 31.2 Å². The molecule has 5 nitrogen and oxygen atoms in total. The van der Waals surface area contributed by atoms with Gasteiger partial charge in [0.05, 0.1) is 17.8 Å². The first-order valence-electron chi connectivity index (χ1n) is 7.50. The molecule has 2 aromatic rings. The molecule has 5 heteroatoms. The third-order valence-corrected chi connectivity index (χ3v) is 3.91. The number of ether oxygens (including phenoxy) is 1. The number of carbonyl (C=O) groups excluding carboxylic acids is 1. The normalized spacial score (nSPS) is 16.7. The summed E-state index contributed by atoms with van der Waals surface area (Å²) in [6.07, 6.45) is 0.0199. The number of fused-ring (bicyclic) bond motifs is 1. The van der Waals surface area contributed by atoms with Crippen molar-refractivity contribution in [2.24, 2.45) is 0 Å². The lowest BCUT2D eigenvalue weighted by atomic mass is 10.0. The Balaban J connectivity index is 2.02. The van der Waals surface area contributed by atoms with Crippen LogP contribution >= 0.6 is 0 Å². The Kier molecular flexibility index (Phi) is 4.02. The predicted octanol–water partition coefficient (Wildman–Crippen LogP) is 3.09. The van der Waals surface area contributed by atoms with Gasteiger partial charge in [0, 0.05) is 0 Å². The Morgan fingerprint density at radius 1 is 1.17 bits per heavy atom. The molecule has 118 valence electrons.